The average Bonchev–Trinajstić information content (AvgIpc) is 2.41. The number of carbonyl (C=O) groups is 1. The van der Waals surface area contributed by atoms with E-state index < -0.39 is 5.97 Å². The van der Waals surface area contributed by atoms with Crippen LogP contribution in [0.5, 0.6) is 11.5 Å². The molecule has 0 fully saturated rings. The fourth-order valence-corrected chi connectivity index (χ4v) is 1.44. The van der Waals surface area contributed by atoms with Gasteiger partial charge in [-0.25, -0.2) is 4.79 Å². The number of ether oxygens (including phenoxy) is 1. The number of hydrogen-bond acceptors (Lipinski definition) is 4. The maximum Gasteiger partial charge on any atom is 0.343 e. The first-order chi connectivity index (χ1) is 8.69. The van der Waals surface area contributed by atoms with Gasteiger partial charge in [-0.1, -0.05) is 17.7 Å². The zero-order chi connectivity index (χ0) is 13.0. The fourth-order valence-electron chi connectivity index (χ4n) is 1.44. The maximum absolute atomic E-state index is 11.8. The second-order valence-electron chi connectivity index (χ2n) is 3.84. The molecule has 92 valence electrons. The number of esters is 1. The largest absolute Gasteiger partial charge is 0.423 e. The molecule has 0 saturated heterocycles. The Morgan fingerprint density at radius 1 is 0.944 bits per heavy atom. The van der Waals surface area contributed by atoms with Crippen molar-refractivity contribution in [1.29, 1.82) is 0 Å². The predicted octanol–water partition coefficient (Wildman–Crippen LogP) is 2.47. The van der Waals surface area contributed by atoms with Gasteiger partial charge in [0.05, 0.1) is 5.56 Å². The van der Waals surface area contributed by atoms with Crippen LogP contribution in [0, 0.1) is 6.92 Å². The molecule has 4 heteroatoms. The average molecular weight is 243 g/mol. The summed E-state index contributed by atoms with van der Waals surface area (Å²) in [7, 11) is 0. The van der Waals surface area contributed by atoms with Crippen LogP contribution in [0.15, 0.2) is 48.5 Å². The van der Waals surface area contributed by atoms with Gasteiger partial charge in [-0.15, -0.1) is 0 Å². The first-order valence-corrected chi connectivity index (χ1v) is 5.44. The van der Waals surface area contributed by atoms with Crippen molar-refractivity contribution in [2.75, 3.05) is 0 Å². The number of carbonyl (C=O) groups excluding carboxylic acids is 1. The Bertz CT molecular complexity index is 532. The van der Waals surface area contributed by atoms with E-state index in [0.29, 0.717) is 17.1 Å². The standard InChI is InChI=1S/C14H13NO3/c1-10-2-6-12(7-3-10)17-14(16)11-4-8-13(18-15)9-5-11/h2-9H,15H2,1H3. The Hall–Kier alpha value is -2.33. The van der Waals surface area contributed by atoms with E-state index in [-0.39, 0.29) is 0 Å². The monoisotopic (exact) mass is 243 g/mol. The molecule has 0 unspecified atom stereocenters. The number of aryl methyl sites for hydroxylation is 1. The quantitative estimate of drug-likeness (QED) is 0.511. The van der Waals surface area contributed by atoms with E-state index in [9.17, 15) is 4.79 Å². The highest BCUT2D eigenvalue weighted by Crippen LogP contribution is 2.15. The summed E-state index contributed by atoms with van der Waals surface area (Å²) >= 11 is 0. The Morgan fingerprint density at radius 3 is 2.06 bits per heavy atom. The van der Waals surface area contributed by atoms with E-state index in [4.69, 9.17) is 10.6 Å². The molecule has 0 aliphatic heterocycles. The van der Waals surface area contributed by atoms with Gasteiger partial charge < -0.3 is 9.57 Å². The van der Waals surface area contributed by atoms with Crippen molar-refractivity contribution in [3.63, 3.8) is 0 Å². The molecule has 0 aromatic heterocycles. The van der Waals surface area contributed by atoms with Crippen molar-refractivity contribution < 1.29 is 14.4 Å². The summed E-state index contributed by atoms with van der Waals surface area (Å²) in [6, 6.07) is 13.7. The number of rotatable bonds is 3. The highest BCUT2D eigenvalue weighted by Gasteiger charge is 2.08. The Balaban J connectivity index is 2.09. The van der Waals surface area contributed by atoms with Crippen molar-refractivity contribution in [2.24, 2.45) is 5.90 Å². The lowest BCUT2D eigenvalue weighted by atomic mass is 10.2. The van der Waals surface area contributed by atoms with Gasteiger partial charge in [0.1, 0.15) is 11.5 Å². The summed E-state index contributed by atoms with van der Waals surface area (Å²) in [5.74, 6) is 5.59. The summed E-state index contributed by atoms with van der Waals surface area (Å²) in [6.45, 7) is 1.97. The van der Waals surface area contributed by atoms with Gasteiger partial charge in [0.25, 0.3) is 0 Å². The van der Waals surface area contributed by atoms with Gasteiger partial charge in [0, 0.05) is 0 Å². The van der Waals surface area contributed by atoms with Crippen molar-refractivity contribution >= 4 is 5.97 Å². The molecular formula is C14H13NO3. The molecule has 0 saturated carbocycles. The van der Waals surface area contributed by atoms with Crippen molar-refractivity contribution in [2.45, 2.75) is 6.92 Å². The minimum Gasteiger partial charge on any atom is -0.423 e. The molecule has 0 aliphatic carbocycles. The maximum atomic E-state index is 11.8. The smallest absolute Gasteiger partial charge is 0.343 e. The van der Waals surface area contributed by atoms with E-state index in [1.165, 1.54) is 0 Å². The van der Waals surface area contributed by atoms with E-state index in [1.54, 1.807) is 36.4 Å². The van der Waals surface area contributed by atoms with Crippen LogP contribution in [0.2, 0.25) is 0 Å². The summed E-state index contributed by atoms with van der Waals surface area (Å²) in [5.41, 5.74) is 1.55. The van der Waals surface area contributed by atoms with Crippen LogP contribution in [-0.4, -0.2) is 5.97 Å². The fraction of sp³-hybridized carbons (Fsp3) is 0.0714. The molecular weight excluding hydrogens is 230 g/mol. The molecule has 0 amide bonds. The third-order valence-electron chi connectivity index (χ3n) is 2.46. The SMILES string of the molecule is Cc1ccc(OC(=O)c2ccc(ON)cc2)cc1. The Kier molecular flexibility index (Phi) is 3.60. The molecule has 0 aliphatic rings. The van der Waals surface area contributed by atoms with E-state index >= 15 is 0 Å². The lowest BCUT2D eigenvalue weighted by Crippen LogP contribution is -2.08. The predicted molar refractivity (Wildman–Crippen MR) is 67.4 cm³/mol. The summed E-state index contributed by atoms with van der Waals surface area (Å²) in [5, 5.41) is 0. The van der Waals surface area contributed by atoms with Gasteiger partial charge >= 0.3 is 5.97 Å². The zero-order valence-electron chi connectivity index (χ0n) is 9.92. The normalized spacial score (nSPS) is 9.89. The highest BCUT2D eigenvalue weighted by molar-refractivity contribution is 5.91. The minimum absolute atomic E-state index is 0.414. The first-order valence-electron chi connectivity index (χ1n) is 5.44. The van der Waals surface area contributed by atoms with Gasteiger partial charge in [-0.2, -0.15) is 5.90 Å². The number of hydrogen-bond donors (Lipinski definition) is 1. The molecule has 0 spiro atoms. The third kappa shape index (κ3) is 2.87. The molecule has 0 heterocycles. The van der Waals surface area contributed by atoms with Gasteiger partial charge in [0.15, 0.2) is 0 Å². The first kappa shape index (κ1) is 12.1. The molecule has 2 aromatic carbocycles. The second-order valence-corrected chi connectivity index (χ2v) is 3.84. The lowest BCUT2D eigenvalue weighted by Gasteiger charge is -2.05. The van der Waals surface area contributed by atoms with E-state index in [1.807, 2.05) is 19.1 Å². The van der Waals surface area contributed by atoms with Crippen molar-refractivity contribution in [3.8, 4) is 11.5 Å². The van der Waals surface area contributed by atoms with Crippen LogP contribution in [0.25, 0.3) is 0 Å². The third-order valence-corrected chi connectivity index (χ3v) is 2.46. The van der Waals surface area contributed by atoms with Gasteiger partial charge in [-0.05, 0) is 43.3 Å². The highest BCUT2D eigenvalue weighted by atomic mass is 16.6. The van der Waals surface area contributed by atoms with E-state index in [0.717, 1.165) is 5.56 Å². The van der Waals surface area contributed by atoms with E-state index in [2.05, 4.69) is 4.84 Å². The Morgan fingerprint density at radius 2 is 1.50 bits per heavy atom. The molecule has 2 N–H and O–H groups in total. The molecule has 2 aromatic rings. The van der Waals surface area contributed by atoms with Crippen molar-refractivity contribution in [1.82, 2.24) is 0 Å². The van der Waals surface area contributed by atoms with Crippen molar-refractivity contribution in [3.05, 3.63) is 59.7 Å². The van der Waals surface area contributed by atoms with Crippen LogP contribution in [-0.2, 0) is 0 Å². The van der Waals surface area contributed by atoms with Crippen LogP contribution in [0.4, 0.5) is 0 Å². The van der Waals surface area contributed by atoms with Gasteiger partial charge in [-0.3, -0.25) is 0 Å². The minimum atomic E-state index is -0.414. The lowest BCUT2D eigenvalue weighted by molar-refractivity contribution is 0.0734. The molecule has 0 bridgehead atoms. The molecule has 4 nitrogen and oxygen atoms in total. The van der Waals surface area contributed by atoms with Crippen LogP contribution >= 0.6 is 0 Å². The number of nitrogens with two attached hydrogens (primary N) is 1. The topological polar surface area (TPSA) is 61.5 Å². The Labute approximate surface area is 105 Å². The number of benzene rings is 2. The molecule has 18 heavy (non-hydrogen) atoms. The zero-order valence-corrected chi connectivity index (χ0v) is 9.92. The van der Waals surface area contributed by atoms with Crippen LogP contribution in [0.1, 0.15) is 15.9 Å². The second kappa shape index (κ2) is 5.33. The molecule has 0 radical (unpaired) electrons. The molecule has 2 rings (SSSR count). The van der Waals surface area contributed by atoms with Gasteiger partial charge in [0.2, 0.25) is 0 Å². The molecule has 0 atom stereocenters. The summed E-state index contributed by atoms with van der Waals surface area (Å²) < 4.78 is 5.22. The van der Waals surface area contributed by atoms with Crippen LogP contribution in [0.3, 0.4) is 0 Å². The summed E-state index contributed by atoms with van der Waals surface area (Å²) in [4.78, 5) is 16.3. The summed E-state index contributed by atoms with van der Waals surface area (Å²) in [6.07, 6.45) is 0. The van der Waals surface area contributed by atoms with Crippen LogP contribution < -0.4 is 15.5 Å².